The maximum atomic E-state index is 3.49. The largest absolute Gasteiger partial charge is 0.388 e. The first kappa shape index (κ1) is 13.6. The van der Waals surface area contributed by atoms with Gasteiger partial charge in [0.25, 0.3) is 0 Å². The van der Waals surface area contributed by atoms with E-state index < -0.39 is 0 Å². The molecule has 19 heavy (non-hydrogen) atoms. The van der Waals surface area contributed by atoms with Crippen LogP contribution in [0.5, 0.6) is 0 Å². The molecule has 2 rings (SSSR count). The summed E-state index contributed by atoms with van der Waals surface area (Å²) in [4.78, 5) is 0. The highest BCUT2D eigenvalue weighted by molar-refractivity contribution is 5.44. The van der Waals surface area contributed by atoms with Gasteiger partial charge < -0.3 is 10.6 Å². The van der Waals surface area contributed by atoms with E-state index in [-0.39, 0.29) is 0 Å². The third-order valence-corrected chi connectivity index (χ3v) is 3.22. The molecular weight excluding hydrogens is 232 g/mol. The van der Waals surface area contributed by atoms with Gasteiger partial charge in [0.15, 0.2) is 0 Å². The fraction of sp³-hybridized carbons (Fsp3) is 0.294. The number of nitrogens with one attached hydrogen (secondary N) is 2. The second kappa shape index (κ2) is 6.95. The van der Waals surface area contributed by atoms with Gasteiger partial charge in [0, 0.05) is 19.3 Å². The smallest absolute Gasteiger partial charge is 0.0340 e. The van der Waals surface area contributed by atoms with Crippen LogP contribution in [0.15, 0.2) is 48.5 Å². The molecule has 2 aromatic carbocycles. The average Bonchev–Trinajstić information content (AvgIpc) is 2.44. The SMILES string of the molecule is CNc1cccc(CNCCc2cccc(C)c2)c1. The molecule has 0 bridgehead atoms. The summed E-state index contributed by atoms with van der Waals surface area (Å²) in [6, 6.07) is 17.2. The van der Waals surface area contributed by atoms with Gasteiger partial charge in [0.1, 0.15) is 0 Å². The van der Waals surface area contributed by atoms with E-state index in [4.69, 9.17) is 0 Å². The Balaban J connectivity index is 1.77. The van der Waals surface area contributed by atoms with Crippen molar-refractivity contribution in [2.45, 2.75) is 19.9 Å². The topological polar surface area (TPSA) is 24.1 Å². The summed E-state index contributed by atoms with van der Waals surface area (Å²) in [6.07, 6.45) is 1.08. The first-order chi connectivity index (χ1) is 9.28. The highest BCUT2D eigenvalue weighted by Gasteiger charge is 1.96. The standard InChI is InChI=1S/C17H22N2/c1-14-5-3-6-15(11-14)9-10-19-13-16-7-4-8-17(12-16)18-2/h3-8,11-12,18-19H,9-10,13H2,1-2H3. The molecular formula is C17H22N2. The Hall–Kier alpha value is -1.80. The summed E-state index contributed by atoms with van der Waals surface area (Å²) < 4.78 is 0. The fourth-order valence-corrected chi connectivity index (χ4v) is 2.17. The Morgan fingerprint density at radius 1 is 0.947 bits per heavy atom. The molecule has 2 heteroatoms. The minimum atomic E-state index is 0.918. The quantitative estimate of drug-likeness (QED) is 0.772. The molecule has 2 aromatic rings. The molecule has 0 saturated heterocycles. The number of benzene rings is 2. The van der Waals surface area contributed by atoms with Gasteiger partial charge in [-0.2, -0.15) is 0 Å². The van der Waals surface area contributed by atoms with Crippen LogP contribution in [0.3, 0.4) is 0 Å². The predicted octanol–water partition coefficient (Wildman–Crippen LogP) is 3.37. The van der Waals surface area contributed by atoms with E-state index in [1.54, 1.807) is 0 Å². The van der Waals surface area contributed by atoms with Crippen molar-refractivity contribution < 1.29 is 0 Å². The molecule has 0 aromatic heterocycles. The van der Waals surface area contributed by atoms with Crippen molar-refractivity contribution in [3.63, 3.8) is 0 Å². The maximum Gasteiger partial charge on any atom is 0.0340 e. The van der Waals surface area contributed by atoms with Crippen LogP contribution in [0.4, 0.5) is 5.69 Å². The van der Waals surface area contributed by atoms with Gasteiger partial charge in [-0.15, -0.1) is 0 Å². The number of hydrogen-bond donors (Lipinski definition) is 2. The van der Waals surface area contributed by atoms with Crippen LogP contribution in [-0.4, -0.2) is 13.6 Å². The lowest BCUT2D eigenvalue weighted by atomic mass is 10.1. The number of hydrogen-bond acceptors (Lipinski definition) is 2. The van der Waals surface area contributed by atoms with Crippen molar-refractivity contribution in [1.82, 2.24) is 5.32 Å². The van der Waals surface area contributed by atoms with Gasteiger partial charge in [0.05, 0.1) is 0 Å². The summed E-state index contributed by atoms with van der Waals surface area (Å²) in [5.41, 5.74) is 5.21. The van der Waals surface area contributed by atoms with E-state index in [0.29, 0.717) is 0 Å². The van der Waals surface area contributed by atoms with E-state index >= 15 is 0 Å². The molecule has 0 spiro atoms. The summed E-state index contributed by atoms with van der Waals surface area (Å²) in [5.74, 6) is 0. The normalized spacial score (nSPS) is 10.4. The number of rotatable bonds is 6. The third kappa shape index (κ3) is 4.42. The Labute approximate surface area is 115 Å². The van der Waals surface area contributed by atoms with Gasteiger partial charge in [-0.1, -0.05) is 42.0 Å². The molecule has 0 atom stereocenters. The molecule has 0 unspecified atom stereocenters. The Morgan fingerprint density at radius 2 is 1.74 bits per heavy atom. The average molecular weight is 254 g/mol. The Morgan fingerprint density at radius 3 is 2.53 bits per heavy atom. The van der Waals surface area contributed by atoms with Crippen LogP contribution in [0.25, 0.3) is 0 Å². The van der Waals surface area contributed by atoms with Gasteiger partial charge in [-0.25, -0.2) is 0 Å². The zero-order valence-corrected chi connectivity index (χ0v) is 11.7. The lowest BCUT2D eigenvalue weighted by Gasteiger charge is -2.07. The monoisotopic (exact) mass is 254 g/mol. The molecule has 0 radical (unpaired) electrons. The van der Waals surface area contributed by atoms with Crippen molar-refractivity contribution in [2.75, 3.05) is 18.9 Å². The van der Waals surface area contributed by atoms with Gasteiger partial charge in [0.2, 0.25) is 0 Å². The van der Waals surface area contributed by atoms with Crippen molar-refractivity contribution in [3.05, 3.63) is 65.2 Å². The van der Waals surface area contributed by atoms with Crippen molar-refractivity contribution >= 4 is 5.69 Å². The van der Waals surface area contributed by atoms with Gasteiger partial charge >= 0.3 is 0 Å². The van der Waals surface area contributed by atoms with E-state index in [2.05, 4.69) is 66.1 Å². The second-order valence-corrected chi connectivity index (χ2v) is 4.87. The summed E-state index contributed by atoms with van der Waals surface area (Å²) in [6.45, 7) is 4.06. The van der Waals surface area contributed by atoms with Gasteiger partial charge in [-0.3, -0.25) is 0 Å². The first-order valence-corrected chi connectivity index (χ1v) is 6.81. The van der Waals surface area contributed by atoms with Crippen LogP contribution in [-0.2, 0) is 13.0 Å². The van der Waals surface area contributed by atoms with Crippen molar-refractivity contribution in [1.29, 1.82) is 0 Å². The zero-order valence-electron chi connectivity index (χ0n) is 11.7. The van der Waals surface area contributed by atoms with E-state index in [1.165, 1.54) is 16.7 Å². The van der Waals surface area contributed by atoms with Crippen LogP contribution in [0, 0.1) is 6.92 Å². The zero-order chi connectivity index (χ0) is 13.5. The van der Waals surface area contributed by atoms with Crippen molar-refractivity contribution in [2.24, 2.45) is 0 Å². The summed E-state index contributed by atoms with van der Waals surface area (Å²) in [7, 11) is 1.95. The Kier molecular flexibility index (Phi) is 4.99. The molecule has 0 saturated carbocycles. The summed E-state index contributed by atoms with van der Waals surface area (Å²) >= 11 is 0. The van der Waals surface area contributed by atoms with Crippen LogP contribution >= 0.6 is 0 Å². The lowest BCUT2D eigenvalue weighted by molar-refractivity contribution is 0.687. The predicted molar refractivity (Wildman–Crippen MR) is 82.6 cm³/mol. The van der Waals surface area contributed by atoms with Gasteiger partial charge in [-0.05, 0) is 43.1 Å². The van der Waals surface area contributed by atoms with E-state index in [0.717, 1.165) is 25.2 Å². The number of aryl methyl sites for hydroxylation is 1. The second-order valence-electron chi connectivity index (χ2n) is 4.87. The third-order valence-electron chi connectivity index (χ3n) is 3.22. The maximum absolute atomic E-state index is 3.49. The molecule has 0 aliphatic rings. The minimum Gasteiger partial charge on any atom is -0.388 e. The van der Waals surface area contributed by atoms with E-state index in [1.807, 2.05) is 7.05 Å². The van der Waals surface area contributed by atoms with E-state index in [9.17, 15) is 0 Å². The minimum absolute atomic E-state index is 0.918. The summed E-state index contributed by atoms with van der Waals surface area (Å²) in [5, 5.41) is 6.66. The van der Waals surface area contributed by atoms with Crippen LogP contribution < -0.4 is 10.6 Å². The molecule has 0 heterocycles. The fourth-order valence-electron chi connectivity index (χ4n) is 2.17. The molecule has 0 aliphatic heterocycles. The molecule has 0 amide bonds. The molecule has 2 N–H and O–H groups in total. The number of anilines is 1. The first-order valence-electron chi connectivity index (χ1n) is 6.81. The Bertz CT molecular complexity index is 520. The van der Waals surface area contributed by atoms with Crippen LogP contribution in [0.2, 0.25) is 0 Å². The molecule has 0 fully saturated rings. The molecule has 0 aliphatic carbocycles. The molecule has 100 valence electrons. The van der Waals surface area contributed by atoms with Crippen LogP contribution in [0.1, 0.15) is 16.7 Å². The highest BCUT2D eigenvalue weighted by Crippen LogP contribution is 2.09. The van der Waals surface area contributed by atoms with Crippen molar-refractivity contribution in [3.8, 4) is 0 Å². The highest BCUT2D eigenvalue weighted by atomic mass is 14.8. The molecule has 2 nitrogen and oxygen atoms in total. The lowest BCUT2D eigenvalue weighted by Crippen LogP contribution is -2.16.